The lowest BCUT2D eigenvalue weighted by Gasteiger charge is -2.01. The van der Waals surface area contributed by atoms with Crippen LogP contribution in [0, 0.1) is 0 Å². The maximum absolute atomic E-state index is 6.19. The number of aromatic nitrogens is 1. The van der Waals surface area contributed by atoms with E-state index in [1.165, 1.54) is 48.7 Å². The van der Waals surface area contributed by atoms with Crippen molar-refractivity contribution in [1.29, 1.82) is 0 Å². The van der Waals surface area contributed by atoms with Gasteiger partial charge >= 0.3 is 0 Å². The average Bonchev–Trinajstić information content (AvgIpc) is 3.35. The molecule has 3 aromatic heterocycles. The smallest absolute Gasteiger partial charge is 0.136 e. The van der Waals surface area contributed by atoms with Crippen LogP contribution in [0.5, 0.6) is 0 Å². The van der Waals surface area contributed by atoms with Crippen LogP contribution >= 0.6 is 0 Å². The molecule has 0 bridgehead atoms. The van der Waals surface area contributed by atoms with Crippen molar-refractivity contribution in [3.63, 3.8) is 0 Å². The quantitative estimate of drug-likeness (QED) is 0.301. The molecule has 120 valence electrons. The van der Waals surface area contributed by atoms with Gasteiger partial charge in [0.25, 0.3) is 0 Å². The van der Waals surface area contributed by atoms with Gasteiger partial charge in [-0.05, 0) is 23.6 Å². The molecule has 0 amide bonds. The minimum atomic E-state index is 0.951. The van der Waals surface area contributed by atoms with Gasteiger partial charge in [0.1, 0.15) is 11.2 Å². The maximum atomic E-state index is 6.19. The van der Waals surface area contributed by atoms with E-state index in [2.05, 4.69) is 77.3 Å². The molecule has 0 unspecified atom stereocenters. The van der Waals surface area contributed by atoms with Gasteiger partial charge in [0, 0.05) is 38.5 Å². The van der Waals surface area contributed by atoms with Gasteiger partial charge in [0.2, 0.25) is 0 Å². The molecule has 0 atom stereocenters. The number of furan rings is 1. The zero-order valence-corrected chi connectivity index (χ0v) is 13.9. The van der Waals surface area contributed by atoms with E-state index in [0.29, 0.717) is 0 Å². The minimum absolute atomic E-state index is 0.951. The summed E-state index contributed by atoms with van der Waals surface area (Å²) in [6.07, 6.45) is 2.19. The van der Waals surface area contributed by atoms with E-state index in [0.717, 1.165) is 11.2 Å². The molecule has 7 rings (SSSR count). The third-order valence-corrected chi connectivity index (χ3v) is 5.72. The number of para-hydroxylation sites is 1. The van der Waals surface area contributed by atoms with Gasteiger partial charge in [-0.1, -0.05) is 54.6 Å². The number of nitrogens with zero attached hydrogens (tertiary/aromatic N) is 1. The molecule has 0 aliphatic carbocycles. The van der Waals surface area contributed by atoms with Crippen LogP contribution < -0.4 is 0 Å². The first kappa shape index (κ1) is 12.8. The molecule has 0 saturated heterocycles. The fraction of sp³-hybridized carbons (Fsp3) is 0. The summed E-state index contributed by atoms with van der Waals surface area (Å²) in [6, 6.07) is 25.8. The summed E-state index contributed by atoms with van der Waals surface area (Å²) in [7, 11) is 0. The Kier molecular flexibility index (Phi) is 2.05. The molecule has 0 aliphatic heterocycles. The molecule has 26 heavy (non-hydrogen) atoms. The number of rotatable bonds is 0. The maximum Gasteiger partial charge on any atom is 0.136 e. The summed E-state index contributed by atoms with van der Waals surface area (Å²) in [5, 5.41) is 8.80. The van der Waals surface area contributed by atoms with Crippen molar-refractivity contribution in [1.82, 2.24) is 4.40 Å². The first-order valence-corrected chi connectivity index (χ1v) is 8.88. The molecule has 2 nitrogen and oxygen atoms in total. The number of fused-ring (bicyclic) bond motifs is 9. The molecular formula is C24H13NO. The molecule has 4 aromatic carbocycles. The highest BCUT2D eigenvalue weighted by molar-refractivity contribution is 6.33. The molecule has 2 heteroatoms. The van der Waals surface area contributed by atoms with Gasteiger partial charge in [-0.3, -0.25) is 0 Å². The molecule has 0 aliphatic rings. The summed E-state index contributed by atoms with van der Waals surface area (Å²) >= 11 is 0. The van der Waals surface area contributed by atoms with E-state index in [4.69, 9.17) is 4.42 Å². The zero-order valence-electron chi connectivity index (χ0n) is 13.9. The molecule has 7 aromatic rings. The van der Waals surface area contributed by atoms with Crippen LogP contribution in [0.1, 0.15) is 0 Å². The summed E-state index contributed by atoms with van der Waals surface area (Å²) in [5.41, 5.74) is 4.49. The summed E-state index contributed by atoms with van der Waals surface area (Å²) in [5.74, 6) is 0. The fourth-order valence-corrected chi connectivity index (χ4v) is 4.68. The molecule has 3 heterocycles. The van der Waals surface area contributed by atoms with Crippen LogP contribution in [0.15, 0.2) is 83.4 Å². The van der Waals surface area contributed by atoms with Gasteiger partial charge in [-0.2, -0.15) is 0 Å². The third-order valence-electron chi connectivity index (χ3n) is 5.72. The largest absolute Gasteiger partial charge is 0.456 e. The predicted molar refractivity (Wildman–Crippen MR) is 108 cm³/mol. The van der Waals surface area contributed by atoms with Crippen molar-refractivity contribution in [3.8, 4) is 0 Å². The Hall–Kier alpha value is -3.52. The van der Waals surface area contributed by atoms with Crippen LogP contribution in [0.3, 0.4) is 0 Å². The molecule has 0 saturated carbocycles. The number of benzene rings is 4. The van der Waals surface area contributed by atoms with E-state index in [1.54, 1.807) is 0 Å². The Labute approximate surface area is 148 Å². The lowest BCUT2D eigenvalue weighted by Crippen LogP contribution is -1.79. The van der Waals surface area contributed by atoms with E-state index < -0.39 is 0 Å². The third kappa shape index (κ3) is 1.33. The second-order valence-electron chi connectivity index (χ2n) is 7.03. The normalized spacial score (nSPS) is 12.6. The Morgan fingerprint density at radius 3 is 2.38 bits per heavy atom. The number of hydrogen-bond acceptors (Lipinski definition) is 1. The Morgan fingerprint density at radius 2 is 1.42 bits per heavy atom. The van der Waals surface area contributed by atoms with Crippen LogP contribution in [0.4, 0.5) is 0 Å². The van der Waals surface area contributed by atoms with Crippen LogP contribution in [0.2, 0.25) is 0 Å². The minimum Gasteiger partial charge on any atom is -0.456 e. The highest BCUT2D eigenvalue weighted by atomic mass is 16.3. The van der Waals surface area contributed by atoms with Crippen molar-refractivity contribution >= 4 is 59.9 Å². The van der Waals surface area contributed by atoms with Gasteiger partial charge < -0.3 is 8.82 Å². The topological polar surface area (TPSA) is 17.6 Å². The van der Waals surface area contributed by atoms with Gasteiger partial charge in [0.15, 0.2) is 0 Å². The average molecular weight is 331 g/mol. The molecule has 0 N–H and O–H groups in total. The van der Waals surface area contributed by atoms with E-state index in [-0.39, 0.29) is 0 Å². The van der Waals surface area contributed by atoms with Gasteiger partial charge in [-0.25, -0.2) is 0 Å². The van der Waals surface area contributed by atoms with E-state index in [9.17, 15) is 0 Å². The van der Waals surface area contributed by atoms with Gasteiger partial charge in [0.05, 0.1) is 11.0 Å². The highest BCUT2D eigenvalue weighted by Gasteiger charge is 2.20. The Bertz CT molecular complexity index is 1630. The van der Waals surface area contributed by atoms with Crippen molar-refractivity contribution in [2.75, 3.05) is 0 Å². The summed E-state index contributed by atoms with van der Waals surface area (Å²) in [6.45, 7) is 0. The highest BCUT2D eigenvalue weighted by Crippen LogP contribution is 2.43. The predicted octanol–water partition coefficient (Wildman–Crippen LogP) is 6.74. The Morgan fingerprint density at radius 1 is 0.577 bits per heavy atom. The van der Waals surface area contributed by atoms with E-state index in [1.807, 2.05) is 6.07 Å². The second kappa shape index (κ2) is 4.17. The van der Waals surface area contributed by atoms with Crippen molar-refractivity contribution in [3.05, 3.63) is 79.0 Å². The lowest BCUT2D eigenvalue weighted by molar-refractivity contribution is 0.669. The molecule has 0 spiro atoms. The van der Waals surface area contributed by atoms with Crippen LogP contribution in [-0.2, 0) is 0 Å². The number of hydrogen-bond donors (Lipinski definition) is 0. The fourth-order valence-electron chi connectivity index (χ4n) is 4.68. The first-order chi connectivity index (χ1) is 12.9. The van der Waals surface area contributed by atoms with Crippen LogP contribution in [0.25, 0.3) is 59.9 Å². The zero-order chi connectivity index (χ0) is 16.8. The molecular weight excluding hydrogens is 318 g/mol. The monoisotopic (exact) mass is 331 g/mol. The van der Waals surface area contributed by atoms with Crippen molar-refractivity contribution < 1.29 is 4.42 Å². The first-order valence-electron chi connectivity index (χ1n) is 8.88. The molecule has 0 fully saturated rings. The molecule has 0 radical (unpaired) electrons. The van der Waals surface area contributed by atoms with E-state index >= 15 is 0 Å². The second-order valence-corrected chi connectivity index (χ2v) is 7.03. The van der Waals surface area contributed by atoms with Crippen molar-refractivity contribution in [2.45, 2.75) is 0 Å². The van der Waals surface area contributed by atoms with Gasteiger partial charge in [-0.15, -0.1) is 0 Å². The summed E-state index contributed by atoms with van der Waals surface area (Å²) in [4.78, 5) is 0. The lowest BCUT2D eigenvalue weighted by atomic mass is 10.0. The van der Waals surface area contributed by atoms with Crippen molar-refractivity contribution in [2.24, 2.45) is 0 Å². The van der Waals surface area contributed by atoms with Crippen LogP contribution in [-0.4, -0.2) is 4.40 Å². The SMILES string of the molecule is c1ccc2c(c1)ccc1c3c4c(cc5ccn(c21)c53)oc1ccccc14. The Balaban J connectivity index is 1.91. The summed E-state index contributed by atoms with van der Waals surface area (Å²) < 4.78 is 8.54. The standard InChI is InChI=1S/C24H13NO/c1-2-6-16-14(5-1)9-10-18-22-21-17-7-3-4-8-19(17)26-20(21)13-15-11-12-25(23(15)22)24(16)18/h1-13H.